The van der Waals surface area contributed by atoms with Crippen LogP contribution in [0.3, 0.4) is 0 Å². The zero-order valence-electron chi connectivity index (χ0n) is 6.34. The normalized spacial score (nSPS) is 9.64. The number of ether oxygens (including phenoxy) is 3. The van der Waals surface area contributed by atoms with Crippen molar-refractivity contribution in [2.45, 2.75) is 0 Å². The van der Waals surface area contributed by atoms with Gasteiger partial charge in [0.1, 0.15) is 6.61 Å². The summed E-state index contributed by atoms with van der Waals surface area (Å²) in [5.74, 6) is 0. The Kier molecular flexibility index (Phi) is 7.88. The Morgan fingerprint density at radius 1 is 1.27 bits per heavy atom. The second kappa shape index (κ2) is 7.97. The second-order valence-electron chi connectivity index (χ2n) is 1.69. The molecule has 11 heavy (non-hydrogen) atoms. The SMILES string of the molecule is COCCOCCOC(=O)Br. The highest BCUT2D eigenvalue weighted by Gasteiger charge is 1.93. The van der Waals surface area contributed by atoms with Crippen LogP contribution in [0.1, 0.15) is 0 Å². The minimum atomic E-state index is -0.465. The Hall–Kier alpha value is -0.130. The Labute approximate surface area is 73.9 Å². The van der Waals surface area contributed by atoms with Gasteiger partial charge in [-0.05, 0) is 0 Å². The highest BCUT2D eigenvalue weighted by atomic mass is 79.9. The third kappa shape index (κ3) is 9.87. The summed E-state index contributed by atoms with van der Waals surface area (Å²) in [5.41, 5.74) is 0. The van der Waals surface area contributed by atoms with Gasteiger partial charge in [-0.3, -0.25) is 0 Å². The first-order chi connectivity index (χ1) is 5.27. The maximum atomic E-state index is 10.1. The van der Waals surface area contributed by atoms with Crippen LogP contribution in [0.4, 0.5) is 4.79 Å². The third-order valence-electron chi connectivity index (χ3n) is 0.875. The highest BCUT2D eigenvalue weighted by molar-refractivity contribution is 9.18. The fourth-order valence-electron chi connectivity index (χ4n) is 0.425. The van der Waals surface area contributed by atoms with E-state index in [4.69, 9.17) is 9.47 Å². The Morgan fingerprint density at radius 3 is 2.45 bits per heavy atom. The summed E-state index contributed by atoms with van der Waals surface area (Å²) in [7, 11) is 1.60. The molecule has 66 valence electrons. The molecule has 0 aromatic rings. The Bertz CT molecular complexity index is 107. The molecule has 0 saturated heterocycles. The number of carbonyl (C=O) groups excluding carboxylic acids is 1. The summed E-state index contributed by atoms with van der Waals surface area (Å²) in [4.78, 5) is 9.68. The number of halogens is 1. The molecule has 0 spiro atoms. The largest absolute Gasteiger partial charge is 0.455 e. The molecule has 0 aromatic carbocycles. The van der Waals surface area contributed by atoms with Crippen LogP contribution in [0.5, 0.6) is 0 Å². The summed E-state index contributed by atoms with van der Waals surface area (Å²) >= 11 is 2.62. The van der Waals surface area contributed by atoms with Crippen molar-refractivity contribution in [2.75, 3.05) is 33.5 Å². The lowest BCUT2D eigenvalue weighted by molar-refractivity contribution is 0.0471. The number of carbonyl (C=O) groups is 1. The van der Waals surface area contributed by atoms with Crippen molar-refractivity contribution in [3.63, 3.8) is 0 Å². The van der Waals surface area contributed by atoms with E-state index in [1.807, 2.05) is 0 Å². The van der Waals surface area contributed by atoms with Gasteiger partial charge in [0.2, 0.25) is 0 Å². The first kappa shape index (κ1) is 10.9. The van der Waals surface area contributed by atoms with Gasteiger partial charge in [-0.1, -0.05) is 0 Å². The first-order valence-electron chi connectivity index (χ1n) is 3.16. The number of hydrogen-bond acceptors (Lipinski definition) is 4. The maximum Gasteiger partial charge on any atom is 0.374 e. The lowest BCUT2D eigenvalue weighted by Gasteiger charge is -2.02. The summed E-state index contributed by atoms with van der Waals surface area (Å²) in [5, 5.41) is 0. The summed E-state index contributed by atoms with van der Waals surface area (Å²) in [6.07, 6.45) is 0. The van der Waals surface area contributed by atoms with Crippen molar-refractivity contribution in [1.82, 2.24) is 0 Å². The third-order valence-corrected chi connectivity index (χ3v) is 1.10. The number of methoxy groups -OCH3 is 1. The molecule has 0 saturated carbocycles. The molecule has 0 aliphatic rings. The zero-order valence-corrected chi connectivity index (χ0v) is 7.93. The monoisotopic (exact) mass is 226 g/mol. The molecule has 0 amide bonds. The molecule has 0 atom stereocenters. The number of hydrogen-bond donors (Lipinski definition) is 0. The summed E-state index contributed by atoms with van der Waals surface area (Å²) < 4.78 is 14.3. The molecule has 0 aliphatic carbocycles. The smallest absolute Gasteiger partial charge is 0.374 e. The van der Waals surface area contributed by atoms with Crippen LogP contribution in [0.25, 0.3) is 0 Å². The molecule has 0 heterocycles. The van der Waals surface area contributed by atoms with Gasteiger partial charge in [-0.25, -0.2) is 4.79 Å². The highest BCUT2D eigenvalue weighted by Crippen LogP contribution is 1.89. The van der Waals surface area contributed by atoms with Gasteiger partial charge >= 0.3 is 4.88 Å². The van der Waals surface area contributed by atoms with Crippen molar-refractivity contribution >= 4 is 20.8 Å². The van der Waals surface area contributed by atoms with Crippen molar-refractivity contribution in [3.8, 4) is 0 Å². The fourth-order valence-corrected chi connectivity index (χ4v) is 0.587. The predicted octanol–water partition coefficient (Wildman–Crippen LogP) is 1.18. The Balaban J connectivity index is 2.85. The van der Waals surface area contributed by atoms with Crippen molar-refractivity contribution in [3.05, 3.63) is 0 Å². The van der Waals surface area contributed by atoms with Gasteiger partial charge in [0.05, 0.1) is 19.8 Å². The predicted molar refractivity (Wildman–Crippen MR) is 43.0 cm³/mol. The number of rotatable bonds is 6. The van der Waals surface area contributed by atoms with Crippen molar-refractivity contribution in [2.24, 2.45) is 0 Å². The van der Waals surface area contributed by atoms with E-state index in [-0.39, 0.29) is 6.61 Å². The van der Waals surface area contributed by atoms with Crippen LogP contribution in [-0.4, -0.2) is 38.4 Å². The van der Waals surface area contributed by atoms with Crippen LogP contribution < -0.4 is 0 Å². The van der Waals surface area contributed by atoms with Gasteiger partial charge in [0.15, 0.2) is 0 Å². The molecule has 5 heteroatoms. The minimum absolute atomic E-state index is 0.272. The average molecular weight is 227 g/mol. The molecular weight excluding hydrogens is 216 g/mol. The van der Waals surface area contributed by atoms with Gasteiger partial charge < -0.3 is 14.2 Å². The van der Waals surface area contributed by atoms with Crippen LogP contribution in [-0.2, 0) is 14.2 Å². The van der Waals surface area contributed by atoms with Crippen LogP contribution in [0.15, 0.2) is 0 Å². The molecule has 0 unspecified atom stereocenters. The van der Waals surface area contributed by atoms with Gasteiger partial charge in [-0.2, -0.15) is 0 Å². The molecule has 0 aliphatic heterocycles. The van der Waals surface area contributed by atoms with E-state index in [9.17, 15) is 4.79 Å². The quantitative estimate of drug-likeness (QED) is 0.504. The first-order valence-corrected chi connectivity index (χ1v) is 3.95. The van der Waals surface area contributed by atoms with E-state index in [0.29, 0.717) is 19.8 Å². The van der Waals surface area contributed by atoms with E-state index in [2.05, 4.69) is 20.7 Å². The maximum absolute atomic E-state index is 10.1. The molecule has 0 aromatic heterocycles. The van der Waals surface area contributed by atoms with Gasteiger partial charge in [-0.15, -0.1) is 0 Å². The van der Waals surface area contributed by atoms with E-state index < -0.39 is 4.88 Å². The van der Waals surface area contributed by atoms with E-state index in [0.717, 1.165) is 0 Å². The van der Waals surface area contributed by atoms with Crippen molar-refractivity contribution in [1.29, 1.82) is 0 Å². The van der Waals surface area contributed by atoms with E-state index in [1.165, 1.54) is 0 Å². The van der Waals surface area contributed by atoms with Crippen LogP contribution >= 0.6 is 15.9 Å². The lowest BCUT2D eigenvalue weighted by Crippen LogP contribution is -2.08. The molecular formula is C6H11BrO4. The van der Waals surface area contributed by atoms with E-state index >= 15 is 0 Å². The van der Waals surface area contributed by atoms with Crippen molar-refractivity contribution < 1.29 is 19.0 Å². The standard InChI is InChI=1S/C6H11BrO4/c1-9-2-3-10-4-5-11-6(7)8/h2-5H2,1H3. The zero-order chi connectivity index (χ0) is 8.53. The molecule has 0 rings (SSSR count). The molecule has 0 bridgehead atoms. The minimum Gasteiger partial charge on any atom is -0.455 e. The second-order valence-corrected chi connectivity index (χ2v) is 2.34. The average Bonchev–Trinajstić information content (AvgIpc) is 1.96. The lowest BCUT2D eigenvalue weighted by atomic mass is 10.7. The van der Waals surface area contributed by atoms with Crippen LogP contribution in [0, 0.1) is 0 Å². The summed E-state index contributed by atoms with van der Waals surface area (Å²) in [6.45, 7) is 1.76. The van der Waals surface area contributed by atoms with Gasteiger partial charge in [0.25, 0.3) is 0 Å². The summed E-state index contributed by atoms with van der Waals surface area (Å²) in [6, 6.07) is 0. The molecule has 0 fully saturated rings. The van der Waals surface area contributed by atoms with Gasteiger partial charge in [0, 0.05) is 23.0 Å². The van der Waals surface area contributed by atoms with E-state index in [1.54, 1.807) is 7.11 Å². The fraction of sp³-hybridized carbons (Fsp3) is 0.833. The Morgan fingerprint density at radius 2 is 1.91 bits per heavy atom. The molecule has 0 radical (unpaired) electrons. The van der Waals surface area contributed by atoms with Crippen LogP contribution in [0.2, 0.25) is 0 Å². The topological polar surface area (TPSA) is 44.8 Å². The molecule has 4 nitrogen and oxygen atoms in total. The molecule has 0 N–H and O–H groups in total.